The van der Waals surface area contributed by atoms with Crippen molar-refractivity contribution in [1.29, 1.82) is 0 Å². The van der Waals surface area contributed by atoms with Crippen molar-refractivity contribution in [3.63, 3.8) is 0 Å². The number of fused-ring (bicyclic) bond motifs is 1. The molecule has 0 radical (unpaired) electrons. The van der Waals surface area contributed by atoms with Crippen LogP contribution in [0.3, 0.4) is 0 Å². The van der Waals surface area contributed by atoms with Gasteiger partial charge in [0.05, 0.1) is 17.7 Å². The molecule has 0 spiro atoms. The van der Waals surface area contributed by atoms with Crippen LogP contribution in [0.25, 0.3) is 10.8 Å². The number of anilines is 1. The number of pyridine rings is 1. The molecule has 0 unspecified atom stereocenters. The number of hydrogen-bond donors (Lipinski definition) is 1. The molecule has 2 heterocycles. The number of thiazole rings is 1. The Kier molecular flexibility index (Phi) is 2.71. The van der Waals surface area contributed by atoms with E-state index in [0.717, 1.165) is 16.9 Å². The molecule has 0 amide bonds. The Balaban J connectivity index is 1.90. The first-order chi connectivity index (χ1) is 8.43. The van der Waals surface area contributed by atoms with Crippen LogP contribution >= 0.6 is 11.3 Å². The SMILES string of the molecule is c1ccc2c(NCc3cscn3)nccc2c1. The number of nitrogens with zero attached hydrogens (tertiary/aromatic N) is 2. The molecule has 0 fully saturated rings. The molecule has 1 N–H and O–H groups in total. The first-order valence-corrected chi connectivity index (χ1v) is 6.32. The molecule has 17 heavy (non-hydrogen) atoms. The standard InChI is InChI=1S/C13H11N3S/c1-2-4-12-10(3-1)5-6-14-13(12)15-7-11-8-17-9-16-11/h1-6,8-9H,7H2,(H,14,15). The van der Waals surface area contributed by atoms with Crippen LogP contribution in [-0.4, -0.2) is 9.97 Å². The molecule has 3 aromatic rings. The largest absolute Gasteiger partial charge is 0.364 e. The van der Waals surface area contributed by atoms with Crippen molar-refractivity contribution in [3.05, 3.63) is 53.1 Å². The number of nitrogens with one attached hydrogen (secondary N) is 1. The highest BCUT2D eigenvalue weighted by atomic mass is 32.1. The summed E-state index contributed by atoms with van der Waals surface area (Å²) >= 11 is 1.61. The third kappa shape index (κ3) is 2.12. The number of benzene rings is 1. The lowest BCUT2D eigenvalue weighted by molar-refractivity contribution is 1.06. The van der Waals surface area contributed by atoms with E-state index in [9.17, 15) is 0 Å². The van der Waals surface area contributed by atoms with Gasteiger partial charge in [-0.05, 0) is 11.5 Å². The molecule has 0 aliphatic carbocycles. The molecule has 0 saturated carbocycles. The van der Waals surface area contributed by atoms with Gasteiger partial charge in [-0.1, -0.05) is 24.3 Å². The van der Waals surface area contributed by atoms with E-state index in [4.69, 9.17) is 0 Å². The van der Waals surface area contributed by atoms with E-state index in [-0.39, 0.29) is 0 Å². The van der Waals surface area contributed by atoms with Crippen molar-refractivity contribution in [2.45, 2.75) is 6.54 Å². The minimum absolute atomic E-state index is 0.713. The minimum atomic E-state index is 0.713. The maximum atomic E-state index is 4.37. The molecule has 0 bridgehead atoms. The number of hydrogen-bond acceptors (Lipinski definition) is 4. The molecule has 4 heteroatoms. The van der Waals surface area contributed by atoms with Gasteiger partial charge >= 0.3 is 0 Å². The lowest BCUT2D eigenvalue weighted by Gasteiger charge is -2.06. The predicted molar refractivity (Wildman–Crippen MR) is 71.2 cm³/mol. The Bertz CT molecular complexity index is 614. The van der Waals surface area contributed by atoms with Crippen LogP contribution in [0.2, 0.25) is 0 Å². The van der Waals surface area contributed by atoms with Crippen LogP contribution in [0.5, 0.6) is 0 Å². The van der Waals surface area contributed by atoms with Crippen LogP contribution in [0, 0.1) is 0 Å². The molecular formula is C13H11N3S. The van der Waals surface area contributed by atoms with Gasteiger partial charge in [-0.25, -0.2) is 9.97 Å². The molecule has 2 aromatic heterocycles. The number of rotatable bonds is 3. The molecule has 0 aliphatic rings. The molecule has 84 valence electrons. The Morgan fingerprint density at radius 1 is 1.12 bits per heavy atom. The molecule has 3 rings (SSSR count). The third-order valence-corrected chi connectivity index (χ3v) is 3.23. The van der Waals surface area contributed by atoms with Gasteiger partial charge in [0.15, 0.2) is 0 Å². The molecule has 1 aromatic carbocycles. The average Bonchev–Trinajstić information content (AvgIpc) is 2.89. The van der Waals surface area contributed by atoms with Crippen molar-refractivity contribution >= 4 is 27.9 Å². The van der Waals surface area contributed by atoms with Gasteiger partial charge in [0.1, 0.15) is 5.82 Å². The van der Waals surface area contributed by atoms with Crippen LogP contribution in [0.1, 0.15) is 5.69 Å². The summed E-state index contributed by atoms with van der Waals surface area (Å²) in [6.07, 6.45) is 1.83. The minimum Gasteiger partial charge on any atom is -0.364 e. The molecule has 0 atom stereocenters. The Morgan fingerprint density at radius 2 is 2.06 bits per heavy atom. The van der Waals surface area contributed by atoms with Gasteiger partial charge in [-0.2, -0.15) is 0 Å². The summed E-state index contributed by atoms with van der Waals surface area (Å²) in [5.41, 5.74) is 2.89. The second-order valence-electron chi connectivity index (χ2n) is 3.71. The quantitative estimate of drug-likeness (QED) is 0.764. The lowest BCUT2D eigenvalue weighted by Crippen LogP contribution is -2.01. The van der Waals surface area contributed by atoms with Crippen LogP contribution in [0.15, 0.2) is 47.4 Å². The van der Waals surface area contributed by atoms with Gasteiger partial charge < -0.3 is 5.32 Å². The fourth-order valence-electron chi connectivity index (χ4n) is 1.76. The summed E-state index contributed by atoms with van der Waals surface area (Å²) in [7, 11) is 0. The van der Waals surface area contributed by atoms with E-state index in [0.29, 0.717) is 6.54 Å². The Morgan fingerprint density at radius 3 is 2.94 bits per heavy atom. The monoisotopic (exact) mass is 241 g/mol. The van der Waals surface area contributed by atoms with E-state index < -0.39 is 0 Å². The molecule has 0 aliphatic heterocycles. The lowest BCUT2D eigenvalue weighted by atomic mass is 10.1. The molecular weight excluding hydrogens is 230 g/mol. The van der Waals surface area contributed by atoms with Gasteiger partial charge in [0.25, 0.3) is 0 Å². The Hall–Kier alpha value is -1.94. The fraction of sp³-hybridized carbons (Fsp3) is 0.0769. The van der Waals surface area contributed by atoms with Crippen molar-refractivity contribution in [2.75, 3.05) is 5.32 Å². The fourth-order valence-corrected chi connectivity index (χ4v) is 2.32. The van der Waals surface area contributed by atoms with Crippen LogP contribution in [-0.2, 0) is 6.54 Å². The Labute approximate surface area is 103 Å². The van der Waals surface area contributed by atoms with Crippen molar-refractivity contribution < 1.29 is 0 Å². The van der Waals surface area contributed by atoms with Gasteiger partial charge in [0, 0.05) is 17.0 Å². The summed E-state index contributed by atoms with van der Waals surface area (Å²) in [6.45, 7) is 0.713. The highest BCUT2D eigenvalue weighted by Crippen LogP contribution is 2.20. The maximum absolute atomic E-state index is 4.37. The average molecular weight is 241 g/mol. The topological polar surface area (TPSA) is 37.8 Å². The second kappa shape index (κ2) is 4.51. The highest BCUT2D eigenvalue weighted by molar-refractivity contribution is 7.07. The van der Waals surface area contributed by atoms with E-state index in [1.54, 1.807) is 11.3 Å². The van der Waals surface area contributed by atoms with Gasteiger partial charge in [-0.3, -0.25) is 0 Å². The van der Waals surface area contributed by atoms with E-state index in [2.05, 4.69) is 27.4 Å². The number of aromatic nitrogens is 2. The second-order valence-corrected chi connectivity index (χ2v) is 4.43. The third-order valence-electron chi connectivity index (χ3n) is 2.59. The van der Waals surface area contributed by atoms with E-state index in [1.807, 2.05) is 35.3 Å². The molecule has 0 saturated heterocycles. The van der Waals surface area contributed by atoms with Gasteiger partial charge in [-0.15, -0.1) is 11.3 Å². The zero-order valence-electron chi connectivity index (χ0n) is 9.13. The summed E-state index contributed by atoms with van der Waals surface area (Å²) < 4.78 is 0. The van der Waals surface area contributed by atoms with Crippen LogP contribution < -0.4 is 5.32 Å². The summed E-state index contributed by atoms with van der Waals surface area (Å²) in [6, 6.07) is 10.2. The van der Waals surface area contributed by atoms with Gasteiger partial charge in [0.2, 0.25) is 0 Å². The highest BCUT2D eigenvalue weighted by Gasteiger charge is 2.01. The maximum Gasteiger partial charge on any atom is 0.134 e. The van der Waals surface area contributed by atoms with E-state index in [1.165, 1.54) is 5.39 Å². The summed E-state index contributed by atoms with van der Waals surface area (Å²) in [5.74, 6) is 0.913. The first kappa shape index (κ1) is 10.2. The smallest absolute Gasteiger partial charge is 0.134 e. The van der Waals surface area contributed by atoms with E-state index >= 15 is 0 Å². The molecule has 3 nitrogen and oxygen atoms in total. The summed E-state index contributed by atoms with van der Waals surface area (Å²) in [5, 5.41) is 7.70. The van der Waals surface area contributed by atoms with Crippen molar-refractivity contribution in [2.24, 2.45) is 0 Å². The zero-order chi connectivity index (χ0) is 11.5. The van der Waals surface area contributed by atoms with Crippen molar-refractivity contribution in [3.8, 4) is 0 Å². The first-order valence-electron chi connectivity index (χ1n) is 5.38. The zero-order valence-corrected chi connectivity index (χ0v) is 9.95. The van der Waals surface area contributed by atoms with Crippen LogP contribution in [0.4, 0.5) is 5.82 Å². The normalized spacial score (nSPS) is 10.6. The summed E-state index contributed by atoms with van der Waals surface area (Å²) in [4.78, 5) is 8.61. The predicted octanol–water partition coefficient (Wildman–Crippen LogP) is 3.30. The van der Waals surface area contributed by atoms with Crippen molar-refractivity contribution in [1.82, 2.24) is 9.97 Å².